The van der Waals surface area contributed by atoms with Crippen molar-refractivity contribution in [1.82, 2.24) is 0 Å². The summed E-state index contributed by atoms with van der Waals surface area (Å²) in [5, 5.41) is 6.18. The summed E-state index contributed by atoms with van der Waals surface area (Å²) in [7, 11) is 0. The molecule has 6 bridgehead atoms. The molecule has 7 aromatic rings. The third-order valence-electron chi connectivity index (χ3n) is 16.6. The Balaban J connectivity index is 1.18. The second-order valence-corrected chi connectivity index (χ2v) is 20.4. The van der Waals surface area contributed by atoms with Crippen LogP contribution >= 0.6 is 0 Å². The van der Waals surface area contributed by atoms with Gasteiger partial charge in [-0.1, -0.05) is 111 Å². The lowest BCUT2D eigenvalue weighted by Gasteiger charge is -2.58. The summed E-state index contributed by atoms with van der Waals surface area (Å²) in [5.41, 5.74) is 11.1. The number of benzene rings is 7. The van der Waals surface area contributed by atoms with E-state index in [-0.39, 0.29) is 10.8 Å². The van der Waals surface area contributed by atoms with Crippen LogP contribution < -0.4 is 9.80 Å². The highest BCUT2D eigenvalue weighted by Gasteiger charge is 2.53. The quantitative estimate of drug-likeness (QED) is 0.134. The number of para-hydroxylation sites is 4. The van der Waals surface area contributed by atoms with Crippen molar-refractivity contribution >= 4 is 55.7 Å². The SMILES string of the molecule is CCC1CC2CCCC(c3c4cc(N(c5ccccc5)c5ccccc5)ccc4c(C45CC6CC(CC(C6)C4)C5)c4cc(N(c5ccccc5)c5ccccc5)ccc34)(C1)C2. The van der Waals surface area contributed by atoms with Crippen molar-refractivity contribution in [3.8, 4) is 0 Å². The highest BCUT2D eigenvalue weighted by molar-refractivity contribution is 6.10. The van der Waals surface area contributed by atoms with E-state index in [1.807, 2.05) is 0 Å². The summed E-state index contributed by atoms with van der Waals surface area (Å²) in [6, 6.07) is 59.9. The van der Waals surface area contributed by atoms with E-state index in [0.717, 1.165) is 29.6 Å². The lowest BCUT2D eigenvalue weighted by Crippen LogP contribution is -2.48. The second kappa shape index (κ2) is 14.9. The molecule has 2 heteroatoms. The topological polar surface area (TPSA) is 6.48 Å². The number of hydrogen-bond donors (Lipinski definition) is 0. The molecule has 0 N–H and O–H groups in total. The highest BCUT2D eigenvalue weighted by atomic mass is 15.1. The molecule has 6 fully saturated rings. The molecule has 0 saturated heterocycles. The maximum atomic E-state index is 2.68. The fourth-order valence-electron chi connectivity index (χ4n) is 14.9. The van der Waals surface area contributed by atoms with Gasteiger partial charge in [-0.25, -0.2) is 0 Å². The number of nitrogens with zero attached hydrogens (tertiary/aromatic N) is 2. The lowest BCUT2D eigenvalue weighted by molar-refractivity contribution is -0.00384. The first kappa shape index (κ1) is 37.4. The second-order valence-electron chi connectivity index (χ2n) is 20.4. The fraction of sp³-hybridized carbons (Fsp3) is 0.356. The average Bonchev–Trinajstić information content (AvgIpc) is 3.29. The van der Waals surface area contributed by atoms with Crippen LogP contribution in [-0.2, 0) is 10.8 Å². The van der Waals surface area contributed by atoms with Crippen LogP contribution in [0.4, 0.5) is 34.1 Å². The molecule has 6 saturated carbocycles. The Morgan fingerprint density at radius 2 is 0.820 bits per heavy atom. The Bertz CT molecular complexity index is 2570. The lowest BCUT2D eigenvalue weighted by atomic mass is 9.47. The zero-order valence-electron chi connectivity index (χ0n) is 36.0. The minimum Gasteiger partial charge on any atom is -0.310 e. The highest BCUT2D eigenvalue weighted by Crippen LogP contribution is 2.64. The van der Waals surface area contributed by atoms with Gasteiger partial charge in [0.2, 0.25) is 0 Å². The smallest absolute Gasteiger partial charge is 0.0468 e. The first-order valence-corrected chi connectivity index (χ1v) is 23.9. The van der Waals surface area contributed by atoms with Crippen LogP contribution in [0.15, 0.2) is 158 Å². The molecule has 0 amide bonds. The minimum atomic E-state index is 0.168. The average molecular weight is 797 g/mol. The molecule has 2 nitrogen and oxygen atoms in total. The van der Waals surface area contributed by atoms with E-state index in [9.17, 15) is 0 Å². The monoisotopic (exact) mass is 796 g/mol. The zero-order chi connectivity index (χ0) is 40.5. The fourth-order valence-corrected chi connectivity index (χ4v) is 14.9. The molecule has 6 aliphatic rings. The van der Waals surface area contributed by atoms with Gasteiger partial charge in [-0.15, -0.1) is 0 Å². The predicted octanol–water partition coefficient (Wildman–Crippen LogP) is 16.6. The Hall–Kier alpha value is -5.34. The number of rotatable bonds is 9. The van der Waals surface area contributed by atoms with Crippen molar-refractivity contribution in [1.29, 1.82) is 0 Å². The Labute approximate surface area is 363 Å². The number of fused-ring (bicyclic) bond motifs is 4. The van der Waals surface area contributed by atoms with Crippen LogP contribution in [0.5, 0.6) is 0 Å². The predicted molar refractivity (Wildman–Crippen MR) is 257 cm³/mol. The third-order valence-corrected chi connectivity index (χ3v) is 16.6. The van der Waals surface area contributed by atoms with Gasteiger partial charge in [-0.2, -0.15) is 0 Å². The van der Waals surface area contributed by atoms with Gasteiger partial charge in [0.25, 0.3) is 0 Å². The molecule has 0 radical (unpaired) electrons. The number of hydrogen-bond acceptors (Lipinski definition) is 2. The van der Waals surface area contributed by atoms with Gasteiger partial charge in [0, 0.05) is 34.1 Å². The molecular formula is C59H60N2. The van der Waals surface area contributed by atoms with Crippen LogP contribution in [0.3, 0.4) is 0 Å². The van der Waals surface area contributed by atoms with Crippen molar-refractivity contribution in [3.05, 3.63) is 169 Å². The van der Waals surface area contributed by atoms with E-state index in [1.54, 1.807) is 32.7 Å². The number of anilines is 6. The molecule has 0 aliphatic heterocycles. The first-order valence-electron chi connectivity index (χ1n) is 23.9. The normalized spacial score (nSPS) is 27.7. The van der Waals surface area contributed by atoms with E-state index < -0.39 is 0 Å². The zero-order valence-corrected chi connectivity index (χ0v) is 36.0. The Morgan fingerprint density at radius 3 is 1.25 bits per heavy atom. The van der Waals surface area contributed by atoms with Gasteiger partial charge in [0.15, 0.2) is 0 Å². The van der Waals surface area contributed by atoms with E-state index >= 15 is 0 Å². The molecule has 61 heavy (non-hydrogen) atoms. The maximum Gasteiger partial charge on any atom is 0.0468 e. The Kier molecular flexibility index (Phi) is 9.16. The van der Waals surface area contributed by atoms with Gasteiger partial charge < -0.3 is 9.80 Å². The van der Waals surface area contributed by atoms with Crippen molar-refractivity contribution < 1.29 is 0 Å². The van der Waals surface area contributed by atoms with Crippen LogP contribution in [-0.4, -0.2) is 0 Å². The maximum absolute atomic E-state index is 2.68. The molecule has 3 atom stereocenters. The van der Waals surface area contributed by atoms with Crippen molar-refractivity contribution in [2.24, 2.45) is 29.6 Å². The first-order chi connectivity index (χ1) is 30.1. The summed E-state index contributed by atoms with van der Waals surface area (Å²) in [6.07, 6.45) is 17.8. The molecule has 306 valence electrons. The summed E-state index contributed by atoms with van der Waals surface area (Å²) in [6.45, 7) is 2.47. The van der Waals surface area contributed by atoms with Gasteiger partial charge in [0.1, 0.15) is 0 Å². The van der Waals surface area contributed by atoms with Crippen molar-refractivity contribution in [3.63, 3.8) is 0 Å². The molecule has 7 aromatic carbocycles. The van der Waals surface area contributed by atoms with Gasteiger partial charge in [-0.3, -0.25) is 0 Å². The molecule has 0 spiro atoms. The van der Waals surface area contributed by atoms with Crippen molar-refractivity contribution in [2.45, 2.75) is 101 Å². The summed E-state index contributed by atoms with van der Waals surface area (Å²) in [5.74, 6) is 4.18. The van der Waals surface area contributed by atoms with Crippen LogP contribution in [0, 0.1) is 29.6 Å². The van der Waals surface area contributed by atoms with Crippen LogP contribution in [0.2, 0.25) is 0 Å². The largest absolute Gasteiger partial charge is 0.310 e. The van der Waals surface area contributed by atoms with Crippen LogP contribution in [0.25, 0.3) is 21.5 Å². The molecule has 6 aliphatic carbocycles. The van der Waals surface area contributed by atoms with E-state index in [2.05, 4.69) is 174 Å². The standard InChI is InChI=1S/C59H60N2/c1-2-41-30-42-16-15-29-58(36-41,37-42)56-52-27-25-51(61(48-21-11-5-12-22-48)49-23-13-6-14-24-49)35-55(52)57(59-38-43-31-44(39-59)33-45(32-43)40-59)53-28-26-50(34-54(53)56)60(46-17-7-3-8-18-46)47-19-9-4-10-20-47/h3-14,17-28,34-35,41-45H,2,15-16,29-33,36-40H2,1H3. The summed E-state index contributed by atoms with van der Waals surface area (Å²) < 4.78 is 0. The molecule has 3 unspecified atom stereocenters. The van der Waals surface area contributed by atoms with Gasteiger partial charge >= 0.3 is 0 Å². The molecule has 0 heterocycles. The minimum absolute atomic E-state index is 0.168. The molecule has 13 rings (SSSR count). The van der Waals surface area contributed by atoms with Gasteiger partial charge in [-0.05, 0) is 210 Å². The molecular weight excluding hydrogens is 737 g/mol. The third kappa shape index (κ3) is 6.34. The summed E-state index contributed by atoms with van der Waals surface area (Å²) >= 11 is 0. The van der Waals surface area contributed by atoms with Gasteiger partial charge in [0.05, 0.1) is 0 Å². The van der Waals surface area contributed by atoms with E-state index in [0.29, 0.717) is 0 Å². The van der Waals surface area contributed by atoms with E-state index in [4.69, 9.17) is 0 Å². The van der Waals surface area contributed by atoms with Crippen molar-refractivity contribution in [2.75, 3.05) is 9.80 Å². The molecule has 0 aromatic heterocycles. The summed E-state index contributed by atoms with van der Waals surface area (Å²) in [4.78, 5) is 5.02. The van der Waals surface area contributed by atoms with Crippen LogP contribution in [0.1, 0.15) is 102 Å². The van der Waals surface area contributed by atoms with E-state index in [1.165, 1.54) is 118 Å². The Morgan fingerprint density at radius 1 is 0.410 bits per heavy atom.